The van der Waals surface area contributed by atoms with Crippen molar-refractivity contribution < 1.29 is 0 Å². The van der Waals surface area contributed by atoms with Gasteiger partial charge in [0.1, 0.15) is 0 Å². The van der Waals surface area contributed by atoms with E-state index in [0.717, 1.165) is 31.3 Å². The fourth-order valence-electron chi connectivity index (χ4n) is 2.70. The number of nitrogens with two attached hydrogens (primary N) is 1. The molecule has 2 N–H and O–H groups in total. The third-order valence-corrected chi connectivity index (χ3v) is 4.91. The van der Waals surface area contributed by atoms with Crippen molar-refractivity contribution >= 4 is 17.3 Å². The van der Waals surface area contributed by atoms with Crippen molar-refractivity contribution in [3.63, 3.8) is 0 Å². The molecule has 1 saturated heterocycles. The van der Waals surface area contributed by atoms with Crippen molar-refractivity contribution in [1.82, 2.24) is 9.97 Å². The summed E-state index contributed by atoms with van der Waals surface area (Å²) in [7, 11) is 0. The molecule has 20 heavy (non-hydrogen) atoms. The van der Waals surface area contributed by atoms with Crippen molar-refractivity contribution in [2.45, 2.75) is 19.8 Å². The van der Waals surface area contributed by atoms with Gasteiger partial charge in [-0.3, -0.25) is 0 Å². The molecule has 106 valence electrons. The molecule has 0 amide bonds. The van der Waals surface area contributed by atoms with Crippen LogP contribution in [0.2, 0.25) is 0 Å². The Morgan fingerprint density at radius 1 is 1.45 bits per heavy atom. The van der Waals surface area contributed by atoms with Crippen LogP contribution in [0.25, 0.3) is 10.6 Å². The Balaban J connectivity index is 1.86. The predicted molar refractivity (Wildman–Crippen MR) is 84.1 cm³/mol. The first kappa shape index (κ1) is 13.5. The first-order valence-electron chi connectivity index (χ1n) is 7.10. The van der Waals surface area contributed by atoms with Crippen molar-refractivity contribution in [3.8, 4) is 10.6 Å². The van der Waals surface area contributed by atoms with Gasteiger partial charge in [-0.15, -0.1) is 11.3 Å². The van der Waals surface area contributed by atoms with Crippen molar-refractivity contribution in [1.29, 1.82) is 0 Å². The second-order valence-corrected chi connectivity index (χ2v) is 6.28. The van der Waals surface area contributed by atoms with Gasteiger partial charge in [0.15, 0.2) is 0 Å². The van der Waals surface area contributed by atoms with Crippen LogP contribution in [0, 0.1) is 12.8 Å². The lowest BCUT2D eigenvalue weighted by molar-refractivity contribution is 0.419. The lowest BCUT2D eigenvalue weighted by Crippen LogP contribution is -2.39. The minimum absolute atomic E-state index is 0.569. The smallest absolute Gasteiger partial charge is 0.225 e. The van der Waals surface area contributed by atoms with Crippen LogP contribution in [-0.2, 0) is 0 Å². The number of piperidine rings is 1. The molecule has 1 fully saturated rings. The Labute approximate surface area is 123 Å². The molecule has 1 aliphatic rings. The molecule has 3 heterocycles. The number of hydrogen-bond donors (Lipinski definition) is 1. The van der Waals surface area contributed by atoms with Crippen LogP contribution in [0.15, 0.2) is 23.7 Å². The molecule has 1 atom stereocenters. The lowest BCUT2D eigenvalue weighted by atomic mass is 9.99. The zero-order valence-corrected chi connectivity index (χ0v) is 12.6. The molecule has 0 radical (unpaired) electrons. The van der Waals surface area contributed by atoms with E-state index in [9.17, 15) is 0 Å². The number of aryl methyl sites for hydroxylation is 1. The van der Waals surface area contributed by atoms with Gasteiger partial charge in [0, 0.05) is 19.3 Å². The highest BCUT2D eigenvalue weighted by molar-refractivity contribution is 7.13. The maximum Gasteiger partial charge on any atom is 0.225 e. The Morgan fingerprint density at radius 3 is 3.10 bits per heavy atom. The van der Waals surface area contributed by atoms with Crippen molar-refractivity contribution in [2.24, 2.45) is 11.7 Å². The molecule has 0 aromatic carbocycles. The first-order valence-corrected chi connectivity index (χ1v) is 7.98. The van der Waals surface area contributed by atoms with Gasteiger partial charge in [0.05, 0.1) is 10.6 Å². The fourth-order valence-corrected chi connectivity index (χ4v) is 3.60. The average molecular weight is 288 g/mol. The third-order valence-electron chi connectivity index (χ3n) is 3.87. The molecule has 0 bridgehead atoms. The summed E-state index contributed by atoms with van der Waals surface area (Å²) >= 11 is 1.73. The van der Waals surface area contributed by atoms with E-state index >= 15 is 0 Å². The van der Waals surface area contributed by atoms with E-state index in [1.807, 2.05) is 12.3 Å². The first-order chi connectivity index (χ1) is 9.78. The monoisotopic (exact) mass is 288 g/mol. The van der Waals surface area contributed by atoms with E-state index in [1.54, 1.807) is 11.3 Å². The second kappa shape index (κ2) is 5.89. The lowest BCUT2D eigenvalue weighted by Gasteiger charge is -2.32. The van der Waals surface area contributed by atoms with E-state index in [-0.39, 0.29) is 0 Å². The van der Waals surface area contributed by atoms with Gasteiger partial charge in [0.2, 0.25) is 5.95 Å². The van der Waals surface area contributed by atoms with Crippen LogP contribution < -0.4 is 10.6 Å². The molecular weight excluding hydrogens is 268 g/mol. The number of nitrogens with zero attached hydrogens (tertiary/aromatic N) is 3. The topological polar surface area (TPSA) is 55.0 Å². The maximum absolute atomic E-state index is 5.80. The number of anilines is 1. The SMILES string of the molecule is Cc1ccsc1-c1ccnc(N2CCCC(CN)C2)n1. The third kappa shape index (κ3) is 2.69. The highest BCUT2D eigenvalue weighted by Crippen LogP contribution is 2.28. The summed E-state index contributed by atoms with van der Waals surface area (Å²) in [4.78, 5) is 12.7. The van der Waals surface area contributed by atoms with E-state index in [1.165, 1.54) is 23.3 Å². The molecule has 0 spiro atoms. The van der Waals surface area contributed by atoms with Gasteiger partial charge in [-0.05, 0) is 55.3 Å². The summed E-state index contributed by atoms with van der Waals surface area (Å²) < 4.78 is 0. The van der Waals surface area contributed by atoms with Crippen molar-refractivity contribution in [2.75, 3.05) is 24.5 Å². The summed E-state index contributed by atoms with van der Waals surface area (Å²) in [5.74, 6) is 1.41. The van der Waals surface area contributed by atoms with E-state index in [2.05, 4.69) is 28.3 Å². The largest absolute Gasteiger partial charge is 0.340 e. The molecule has 5 heteroatoms. The van der Waals surface area contributed by atoms with Gasteiger partial charge in [-0.1, -0.05) is 0 Å². The number of aromatic nitrogens is 2. The average Bonchev–Trinajstić information content (AvgIpc) is 2.94. The van der Waals surface area contributed by atoms with Crippen LogP contribution in [0.5, 0.6) is 0 Å². The standard InChI is InChI=1S/C15H20N4S/c1-11-5-8-20-14(11)13-4-6-17-15(18-13)19-7-2-3-12(9-16)10-19/h4-6,8,12H,2-3,7,9-10,16H2,1H3. The van der Waals surface area contributed by atoms with Crippen LogP contribution >= 0.6 is 11.3 Å². The van der Waals surface area contributed by atoms with Crippen LogP contribution in [0.1, 0.15) is 18.4 Å². The summed E-state index contributed by atoms with van der Waals surface area (Å²) in [6.07, 6.45) is 4.26. The fraction of sp³-hybridized carbons (Fsp3) is 0.467. The summed E-state index contributed by atoms with van der Waals surface area (Å²) in [6, 6.07) is 4.12. The van der Waals surface area contributed by atoms with Gasteiger partial charge < -0.3 is 10.6 Å². The summed E-state index contributed by atoms with van der Waals surface area (Å²) in [5.41, 5.74) is 8.11. The molecule has 2 aromatic heterocycles. The summed E-state index contributed by atoms with van der Waals surface area (Å²) in [6.45, 7) is 4.88. The van der Waals surface area contributed by atoms with Gasteiger partial charge in [-0.25, -0.2) is 9.97 Å². The van der Waals surface area contributed by atoms with Gasteiger partial charge >= 0.3 is 0 Å². The number of hydrogen-bond acceptors (Lipinski definition) is 5. The molecule has 3 rings (SSSR count). The number of rotatable bonds is 3. The van der Waals surface area contributed by atoms with Crippen LogP contribution in [0.3, 0.4) is 0 Å². The Bertz CT molecular complexity index is 581. The van der Waals surface area contributed by atoms with E-state index in [0.29, 0.717) is 5.92 Å². The maximum atomic E-state index is 5.80. The Kier molecular flexibility index (Phi) is 3.98. The minimum atomic E-state index is 0.569. The minimum Gasteiger partial charge on any atom is -0.340 e. The highest BCUT2D eigenvalue weighted by Gasteiger charge is 2.21. The molecule has 1 unspecified atom stereocenters. The van der Waals surface area contributed by atoms with E-state index in [4.69, 9.17) is 10.7 Å². The van der Waals surface area contributed by atoms with Gasteiger partial charge in [0.25, 0.3) is 0 Å². The molecular formula is C15H20N4S. The second-order valence-electron chi connectivity index (χ2n) is 5.36. The van der Waals surface area contributed by atoms with Gasteiger partial charge in [-0.2, -0.15) is 0 Å². The quantitative estimate of drug-likeness (QED) is 0.943. The zero-order valence-electron chi connectivity index (χ0n) is 11.7. The van der Waals surface area contributed by atoms with Crippen molar-refractivity contribution in [3.05, 3.63) is 29.3 Å². The molecule has 0 saturated carbocycles. The Morgan fingerprint density at radius 2 is 2.35 bits per heavy atom. The normalized spacial score (nSPS) is 19.3. The molecule has 4 nitrogen and oxygen atoms in total. The molecule has 1 aliphatic heterocycles. The predicted octanol–water partition coefficient (Wildman–Crippen LogP) is 2.69. The van der Waals surface area contributed by atoms with E-state index < -0.39 is 0 Å². The number of thiophene rings is 1. The van der Waals surface area contributed by atoms with Crippen LogP contribution in [-0.4, -0.2) is 29.6 Å². The molecule has 2 aromatic rings. The Hall–Kier alpha value is -1.46. The molecule has 0 aliphatic carbocycles. The summed E-state index contributed by atoms with van der Waals surface area (Å²) in [5, 5.41) is 2.11. The van der Waals surface area contributed by atoms with Crippen LogP contribution in [0.4, 0.5) is 5.95 Å². The zero-order chi connectivity index (χ0) is 13.9. The highest BCUT2D eigenvalue weighted by atomic mass is 32.1.